The molecule has 2 aromatic carbocycles. The molecule has 0 aliphatic heterocycles. The van der Waals surface area contributed by atoms with Crippen molar-refractivity contribution in [2.24, 2.45) is 0 Å². The predicted octanol–water partition coefficient (Wildman–Crippen LogP) is 16.9. The number of ether oxygens (including phenoxy) is 2. The molecule has 4 aromatic heterocycles. The molecular weight excluding hydrogens is 979 g/mol. The van der Waals surface area contributed by atoms with Crippen LogP contribution in [0.15, 0.2) is 78.2 Å². The number of carbonyl (C=O) groups is 2. The Kier molecular flexibility index (Phi) is 21.7. The van der Waals surface area contributed by atoms with Gasteiger partial charge in [0, 0.05) is 25.6 Å². The van der Waals surface area contributed by atoms with E-state index in [0.717, 1.165) is 47.0 Å². The number of aromatic carboxylic acids is 1. The molecule has 2 aliphatic rings. The Morgan fingerprint density at radius 2 is 1.01 bits per heavy atom. The number of fused-ring (bicyclic) bond motifs is 2. The molecule has 72 heavy (non-hydrogen) atoms. The van der Waals surface area contributed by atoms with Crippen molar-refractivity contribution < 1.29 is 29.1 Å². The Morgan fingerprint density at radius 3 is 1.36 bits per heavy atom. The molecule has 0 saturated heterocycles. The van der Waals surface area contributed by atoms with Crippen molar-refractivity contribution in [1.29, 1.82) is 0 Å². The summed E-state index contributed by atoms with van der Waals surface area (Å²) < 4.78 is 10.6. The van der Waals surface area contributed by atoms with E-state index in [9.17, 15) is 19.7 Å². The summed E-state index contributed by atoms with van der Waals surface area (Å²) in [6.07, 6.45) is 11.4. The SMILES string of the molecule is CC(C)(C)c1ccc(N)s1.CC(C)(C)c1ccc([N+](=O)[O-])s1.CC(C)(C)c1cccs1.COc1cc2c(cc1C(=O)Nc1ccc(C(C)(C)C)s1)CCCCC2.COc1cc2c(cc1C(=O)O)CCCCC2. The number of carboxylic acid groups (broad SMARTS) is 1. The van der Waals surface area contributed by atoms with Crippen molar-refractivity contribution in [3.05, 3.63) is 141 Å². The Labute approximate surface area is 445 Å². The summed E-state index contributed by atoms with van der Waals surface area (Å²) in [4.78, 5) is 39.0. The normalized spacial score (nSPS) is 13.5. The Balaban J connectivity index is 0.000000207. The van der Waals surface area contributed by atoms with Gasteiger partial charge in [-0.1, -0.05) is 113 Å². The van der Waals surface area contributed by atoms with Gasteiger partial charge >= 0.3 is 11.0 Å². The summed E-state index contributed by atoms with van der Waals surface area (Å²) in [6, 6.07) is 23.6. The van der Waals surface area contributed by atoms with Crippen LogP contribution >= 0.6 is 45.3 Å². The molecule has 4 heterocycles. The number of hydrogen-bond acceptors (Lipinski definition) is 11. The number of thiophene rings is 4. The van der Waals surface area contributed by atoms with E-state index >= 15 is 0 Å². The number of nitrogen functional groups attached to an aromatic ring is 1. The number of nitrogens with two attached hydrogens (primary N) is 1. The number of nitrogens with one attached hydrogen (secondary N) is 1. The van der Waals surface area contributed by atoms with Crippen LogP contribution in [0.5, 0.6) is 11.5 Å². The number of carboxylic acids is 1. The summed E-state index contributed by atoms with van der Waals surface area (Å²) in [5.41, 5.74) is 12.3. The maximum absolute atomic E-state index is 12.8. The van der Waals surface area contributed by atoms with E-state index in [2.05, 4.69) is 103 Å². The second kappa shape index (κ2) is 26.3. The van der Waals surface area contributed by atoms with Crippen molar-refractivity contribution in [1.82, 2.24) is 0 Å². The highest BCUT2D eigenvalue weighted by Gasteiger charge is 2.23. The number of hydrogen-bond donors (Lipinski definition) is 3. The van der Waals surface area contributed by atoms with Crippen molar-refractivity contribution in [3.8, 4) is 11.5 Å². The van der Waals surface area contributed by atoms with E-state index in [1.54, 1.807) is 41.9 Å². The number of nitro groups is 1. The third-order valence-corrected chi connectivity index (χ3v) is 17.5. The molecule has 0 radical (unpaired) electrons. The minimum Gasteiger partial charge on any atom is -0.496 e. The summed E-state index contributed by atoms with van der Waals surface area (Å²) in [5, 5.41) is 26.6. The van der Waals surface area contributed by atoms with Gasteiger partial charge in [-0.15, -0.1) is 34.0 Å². The monoisotopic (exact) mass is 1060 g/mol. The first-order valence-electron chi connectivity index (χ1n) is 24.8. The highest BCUT2D eigenvalue weighted by atomic mass is 32.1. The molecule has 0 fully saturated rings. The van der Waals surface area contributed by atoms with Crippen LogP contribution in [0.3, 0.4) is 0 Å². The van der Waals surface area contributed by atoms with Crippen molar-refractivity contribution in [2.75, 3.05) is 25.3 Å². The fraction of sp³-hybridized carbons (Fsp3) is 0.483. The second-order valence-electron chi connectivity index (χ2n) is 22.3. The van der Waals surface area contributed by atoms with Gasteiger partial charge < -0.3 is 25.6 Å². The van der Waals surface area contributed by atoms with E-state index < -0.39 is 5.97 Å². The molecule has 0 saturated carbocycles. The van der Waals surface area contributed by atoms with Gasteiger partial charge in [0.2, 0.25) is 0 Å². The van der Waals surface area contributed by atoms with Crippen molar-refractivity contribution in [3.63, 3.8) is 0 Å². The van der Waals surface area contributed by atoms with Gasteiger partial charge in [-0.25, -0.2) is 4.79 Å². The number of benzene rings is 2. The van der Waals surface area contributed by atoms with Crippen LogP contribution in [-0.2, 0) is 47.3 Å². The Hall–Kier alpha value is -5.02. The average Bonchev–Trinajstić information content (AvgIpc) is 4.13. The lowest BCUT2D eigenvalue weighted by Gasteiger charge is -2.15. The number of carbonyl (C=O) groups excluding carboxylic acids is 1. The maximum atomic E-state index is 12.8. The molecule has 10 nitrogen and oxygen atoms in total. The lowest BCUT2D eigenvalue weighted by atomic mass is 9.95. The van der Waals surface area contributed by atoms with Crippen molar-refractivity contribution in [2.45, 2.75) is 169 Å². The first kappa shape index (κ1) is 59.5. The lowest BCUT2D eigenvalue weighted by molar-refractivity contribution is -0.380. The zero-order chi connectivity index (χ0) is 53.6. The standard InChI is InChI=1S/C21H27NO2S.C13H16O3.C8H11NO2S.C8H13NS.C8H12S/c1-21(2,3)18-10-11-19(25-18)22-20(23)16-12-14-8-6-5-7-9-15(14)13-17(16)24-4;1-16-12-8-10-6-4-2-3-5-9(10)7-11(12)13(14)15;1-8(2,3)6-4-5-7(12-6)9(10)11;1-8(2,3)6-4-5-7(9)10-6;1-8(2,3)7-5-4-6-9-7/h10-13H,5-9H2,1-4H3,(H,22,23);7-8H,2-6H2,1H3,(H,14,15);4-5H,1-3H3;4-5H,9H2,1-3H3;4-6H,1-3H3. The van der Waals surface area contributed by atoms with E-state index in [1.807, 2.05) is 62.4 Å². The summed E-state index contributed by atoms with van der Waals surface area (Å²) in [7, 11) is 3.16. The Morgan fingerprint density at radius 1 is 0.583 bits per heavy atom. The number of aryl methyl sites for hydroxylation is 4. The largest absolute Gasteiger partial charge is 0.496 e. The molecule has 6 aromatic rings. The zero-order valence-electron chi connectivity index (χ0n) is 45.1. The third kappa shape index (κ3) is 18.2. The average molecular weight is 1060 g/mol. The zero-order valence-corrected chi connectivity index (χ0v) is 48.4. The van der Waals surface area contributed by atoms with Gasteiger partial charge in [0.25, 0.3) is 5.91 Å². The summed E-state index contributed by atoms with van der Waals surface area (Å²) in [6.45, 7) is 26.0. The third-order valence-electron chi connectivity index (χ3n) is 12.0. The molecule has 1 amide bonds. The van der Waals surface area contributed by atoms with E-state index in [0.29, 0.717) is 22.5 Å². The quantitative estimate of drug-likeness (QED) is 0.0846. The number of amides is 1. The van der Waals surface area contributed by atoms with E-state index in [-0.39, 0.29) is 37.6 Å². The lowest BCUT2D eigenvalue weighted by Crippen LogP contribution is -2.13. The number of anilines is 2. The minimum atomic E-state index is -0.913. The first-order chi connectivity index (χ1) is 33.6. The molecule has 392 valence electrons. The van der Waals surface area contributed by atoms with Crippen LogP contribution in [0.2, 0.25) is 0 Å². The number of rotatable bonds is 6. The second-order valence-corrected chi connectivity index (χ2v) is 26.5. The van der Waals surface area contributed by atoms with Gasteiger partial charge in [0.05, 0.1) is 34.7 Å². The first-order valence-corrected chi connectivity index (χ1v) is 28.1. The number of methoxy groups -OCH3 is 2. The van der Waals surface area contributed by atoms with E-state index in [1.165, 1.54) is 87.4 Å². The van der Waals surface area contributed by atoms with Gasteiger partial charge in [0.15, 0.2) is 0 Å². The van der Waals surface area contributed by atoms with Gasteiger partial charge in [0.1, 0.15) is 17.1 Å². The van der Waals surface area contributed by atoms with Crippen LogP contribution in [-0.4, -0.2) is 36.1 Å². The molecule has 0 unspecified atom stereocenters. The Bertz CT molecular complexity index is 2680. The van der Waals surface area contributed by atoms with Crippen LogP contribution in [0.4, 0.5) is 15.0 Å². The highest BCUT2D eigenvalue weighted by Crippen LogP contribution is 2.36. The molecule has 4 N–H and O–H groups in total. The fourth-order valence-electron chi connectivity index (χ4n) is 7.84. The van der Waals surface area contributed by atoms with Crippen LogP contribution < -0.4 is 20.5 Å². The molecule has 14 heteroatoms. The molecule has 0 bridgehead atoms. The topological polar surface area (TPSA) is 154 Å². The molecule has 0 atom stereocenters. The van der Waals surface area contributed by atoms with Crippen LogP contribution in [0, 0.1) is 10.1 Å². The van der Waals surface area contributed by atoms with Gasteiger partial charge in [-0.3, -0.25) is 14.9 Å². The van der Waals surface area contributed by atoms with Crippen molar-refractivity contribution >= 4 is 72.2 Å². The molecule has 2 aliphatic carbocycles. The smallest absolute Gasteiger partial charge is 0.339 e. The van der Waals surface area contributed by atoms with Gasteiger partial charge in [-0.05, 0) is 161 Å². The predicted molar refractivity (Wildman–Crippen MR) is 307 cm³/mol. The van der Waals surface area contributed by atoms with Gasteiger partial charge in [-0.2, -0.15) is 0 Å². The maximum Gasteiger partial charge on any atom is 0.339 e. The summed E-state index contributed by atoms with van der Waals surface area (Å²) in [5.74, 6) is 0.147. The van der Waals surface area contributed by atoms with Crippen LogP contribution in [0.1, 0.15) is 184 Å². The molecule has 0 spiro atoms. The minimum absolute atomic E-state index is 0.0128. The number of nitrogens with zero attached hydrogens (tertiary/aromatic N) is 1. The molecule has 8 rings (SSSR count). The highest BCUT2D eigenvalue weighted by molar-refractivity contribution is 7.16. The van der Waals surface area contributed by atoms with E-state index in [4.69, 9.17) is 20.3 Å². The molecular formula is C58H79N3O7S4. The summed E-state index contributed by atoms with van der Waals surface area (Å²) >= 11 is 6.39. The van der Waals surface area contributed by atoms with Crippen LogP contribution in [0.25, 0.3) is 0 Å². The fourth-order valence-corrected chi connectivity index (χ4v) is 11.3.